The van der Waals surface area contributed by atoms with Gasteiger partial charge in [0.2, 0.25) is 15.9 Å². The van der Waals surface area contributed by atoms with Crippen LogP contribution in [0.15, 0.2) is 76.6 Å². The quantitative estimate of drug-likeness (QED) is 0.445. The normalized spacial score (nSPS) is 15.6. The SMILES string of the molecule is CN(Cc1ccc(-c2ccc(Cl)cc2)o1)C(=O)C1CCN(S(=O)(=O)/C=C/c2ccccc2)CC1. The molecule has 0 saturated carbocycles. The first kappa shape index (κ1) is 24.3. The lowest BCUT2D eigenvalue weighted by atomic mass is 9.96. The van der Waals surface area contributed by atoms with Crippen molar-refractivity contribution in [2.75, 3.05) is 20.1 Å². The maximum absolute atomic E-state index is 13.0. The van der Waals surface area contributed by atoms with Gasteiger partial charge in [-0.2, -0.15) is 4.31 Å². The molecule has 1 aliphatic rings. The van der Waals surface area contributed by atoms with Gasteiger partial charge >= 0.3 is 0 Å². The highest BCUT2D eigenvalue weighted by Crippen LogP contribution is 2.26. The summed E-state index contributed by atoms with van der Waals surface area (Å²) in [5.74, 6) is 1.20. The average molecular weight is 499 g/mol. The van der Waals surface area contributed by atoms with E-state index in [9.17, 15) is 13.2 Å². The van der Waals surface area contributed by atoms with Gasteiger partial charge in [0.1, 0.15) is 11.5 Å². The van der Waals surface area contributed by atoms with Gasteiger partial charge in [-0.05, 0) is 60.9 Å². The van der Waals surface area contributed by atoms with Crippen molar-refractivity contribution in [2.24, 2.45) is 5.92 Å². The number of piperidine rings is 1. The number of halogens is 1. The minimum atomic E-state index is -3.52. The van der Waals surface area contributed by atoms with E-state index in [4.69, 9.17) is 16.0 Å². The Bertz CT molecular complexity index is 1250. The van der Waals surface area contributed by atoms with Crippen LogP contribution < -0.4 is 0 Å². The molecule has 0 radical (unpaired) electrons. The number of hydrogen-bond donors (Lipinski definition) is 0. The summed E-state index contributed by atoms with van der Waals surface area (Å²) in [5.41, 5.74) is 1.74. The molecule has 0 unspecified atom stereocenters. The summed E-state index contributed by atoms with van der Waals surface area (Å²) in [5, 5.41) is 1.90. The minimum Gasteiger partial charge on any atom is -0.459 e. The Kier molecular flexibility index (Phi) is 7.56. The smallest absolute Gasteiger partial charge is 0.236 e. The van der Waals surface area contributed by atoms with Crippen molar-refractivity contribution in [3.63, 3.8) is 0 Å². The summed E-state index contributed by atoms with van der Waals surface area (Å²) in [6, 6.07) is 20.4. The van der Waals surface area contributed by atoms with Crippen molar-refractivity contribution in [3.8, 4) is 11.3 Å². The van der Waals surface area contributed by atoms with Crippen LogP contribution in [0.5, 0.6) is 0 Å². The number of carbonyl (C=O) groups excluding carboxylic acids is 1. The zero-order valence-corrected chi connectivity index (χ0v) is 20.5. The highest BCUT2D eigenvalue weighted by molar-refractivity contribution is 7.92. The molecule has 2 heterocycles. The largest absolute Gasteiger partial charge is 0.459 e. The second-order valence-electron chi connectivity index (χ2n) is 8.40. The van der Waals surface area contributed by atoms with Crippen LogP contribution in [0.1, 0.15) is 24.2 Å². The van der Waals surface area contributed by atoms with E-state index in [1.54, 1.807) is 30.2 Å². The number of nitrogens with zero attached hydrogens (tertiary/aromatic N) is 2. The molecule has 0 bridgehead atoms. The molecule has 0 atom stereocenters. The molecule has 2 aromatic carbocycles. The van der Waals surface area contributed by atoms with Crippen LogP contribution in [-0.4, -0.2) is 43.7 Å². The fraction of sp³-hybridized carbons (Fsp3) is 0.269. The van der Waals surface area contributed by atoms with Gasteiger partial charge in [-0.1, -0.05) is 41.9 Å². The second kappa shape index (κ2) is 10.6. The Morgan fingerprint density at radius 2 is 1.74 bits per heavy atom. The average Bonchev–Trinajstić information content (AvgIpc) is 3.32. The Balaban J connectivity index is 1.31. The number of amides is 1. The van der Waals surface area contributed by atoms with E-state index in [2.05, 4.69) is 0 Å². The van der Waals surface area contributed by atoms with Crippen LogP contribution in [0.25, 0.3) is 17.4 Å². The van der Waals surface area contributed by atoms with Gasteiger partial charge in [-0.25, -0.2) is 8.42 Å². The van der Waals surface area contributed by atoms with Crippen molar-refractivity contribution in [3.05, 3.63) is 88.5 Å². The van der Waals surface area contributed by atoms with Crippen molar-refractivity contribution >= 4 is 33.6 Å². The summed E-state index contributed by atoms with van der Waals surface area (Å²) in [6.07, 6.45) is 2.59. The predicted octanol–water partition coefficient (Wildman–Crippen LogP) is 5.27. The first-order valence-electron chi connectivity index (χ1n) is 11.1. The molecule has 1 fully saturated rings. The molecule has 178 valence electrons. The third-order valence-electron chi connectivity index (χ3n) is 5.95. The minimum absolute atomic E-state index is 0.00122. The van der Waals surface area contributed by atoms with Gasteiger partial charge in [-0.15, -0.1) is 0 Å². The highest BCUT2D eigenvalue weighted by atomic mass is 35.5. The van der Waals surface area contributed by atoms with E-state index in [1.807, 2.05) is 54.6 Å². The number of rotatable bonds is 7. The predicted molar refractivity (Wildman–Crippen MR) is 134 cm³/mol. The summed E-state index contributed by atoms with van der Waals surface area (Å²) >= 11 is 5.94. The van der Waals surface area contributed by atoms with E-state index in [0.29, 0.717) is 43.3 Å². The van der Waals surface area contributed by atoms with Crippen LogP contribution in [0.4, 0.5) is 0 Å². The Morgan fingerprint density at radius 3 is 2.41 bits per heavy atom. The van der Waals surface area contributed by atoms with Crippen molar-refractivity contribution in [1.29, 1.82) is 0 Å². The van der Waals surface area contributed by atoms with Crippen LogP contribution in [0.2, 0.25) is 5.02 Å². The molecule has 6 nitrogen and oxygen atoms in total. The number of furan rings is 1. The van der Waals surface area contributed by atoms with Gasteiger partial charge < -0.3 is 9.32 Å². The molecule has 1 saturated heterocycles. The Labute approximate surface area is 205 Å². The van der Waals surface area contributed by atoms with Gasteiger partial charge in [-0.3, -0.25) is 4.79 Å². The highest BCUT2D eigenvalue weighted by Gasteiger charge is 2.31. The molecule has 1 amide bonds. The van der Waals surface area contributed by atoms with E-state index >= 15 is 0 Å². The van der Waals surface area contributed by atoms with Crippen molar-refractivity contribution < 1.29 is 17.6 Å². The third kappa shape index (κ3) is 5.97. The van der Waals surface area contributed by atoms with Crippen molar-refractivity contribution in [2.45, 2.75) is 19.4 Å². The molecular weight excluding hydrogens is 472 g/mol. The van der Waals surface area contributed by atoms with Crippen LogP contribution in [-0.2, 0) is 21.4 Å². The maximum atomic E-state index is 13.0. The number of benzene rings is 2. The summed E-state index contributed by atoms with van der Waals surface area (Å²) in [7, 11) is -1.77. The standard InChI is InChI=1S/C26H27ClN2O4S/c1-28(19-24-11-12-25(33-24)21-7-9-23(27)10-8-21)26(30)22-13-16-29(17-14-22)34(31,32)18-15-20-5-3-2-4-6-20/h2-12,15,18,22H,13-14,16-17,19H2,1H3/b18-15+. The van der Waals surface area contributed by atoms with Crippen molar-refractivity contribution in [1.82, 2.24) is 9.21 Å². The van der Waals surface area contributed by atoms with Gasteiger partial charge in [0.15, 0.2) is 0 Å². The molecule has 34 heavy (non-hydrogen) atoms. The lowest BCUT2D eigenvalue weighted by Crippen LogP contribution is -2.42. The third-order valence-corrected chi connectivity index (χ3v) is 7.77. The maximum Gasteiger partial charge on any atom is 0.236 e. The number of carbonyl (C=O) groups is 1. The lowest BCUT2D eigenvalue weighted by molar-refractivity contribution is -0.136. The van der Waals surface area contributed by atoms with E-state index < -0.39 is 10.0 Å². The van der Waals surface area contributed by atoms with E-state index in [-0.39, 0.29) is 11.8 Å². The van der Waals surface area contributed by atoms with Crippen LogP contribution in [0, 0.1) is 5.92 Å². The van der Waals surface area contributed by atoms with E-state index in [1.165, 1.54) is 9.71 Å². The lowest BCUT2D eigenvalue weighted by Gasteiger charge is -2.31. The Morgan fingerprint density at radius 1 is 1.06 bits per heavy atom. The van der Waals surface area contributed by atoms with Gasteiger partial charge in [0.25, 0.3) is 0 Å². The Hall–Kier alpha value is -2.87. The second-order valence-corrected chi connectivity index (χ2v) is 10.7. The topological polar surface area (TPSA) is 70.8 Å². The monoisotopic (exact) mass is 498 g/mol. The first-order valence-corrected chi connectivity index (χ1v) is 13.0. The molecule has 0 spiro atoms. The molecule has 8 heteroatoms. The number of sulfonamides is 1. The van der Waals surface area contributed by atoms with Gasteiger partial charge in [0, 0.05) is 42.0 Å². The molecule has 4 rings (SSSR count). The molecule has 1 aliphatic heterocycles. The van der Waals surface area contributed by atoms with E-state index in [0.717, 1.165) is 16.9 Å². The van der Waals surface area contributed by atoms with Crippen LogP contribution in [0.3, 0.4) is 0 Å². The first-order chi connectivity index (χ1) is 16.3. The molecule has 0 aliphatic carbocycles. The molecular formula is C26H27ClN2O4S. The zero-order chi connectivity index (χ0) is 24.1. The molecule has 3 aromatic rings. The summed E-state index contributed by atoms with van der Waals surface area (Å²) in [4.78, 5) is 14.6. The fourth-order valence-corrected chi connectivity index (χ4v) is 5.37. The zero-order valence-electron chi connectivity index (χ0n) is 18.9. The summed E-state index contributed by atoms with van der Waals surface area (Å²) < 4.78 is 32.7. The van der Waals surface area contributed by atoms with Crippen LogP contribution >= 0.6 is 11.6 Å². The van der Waals surface area contributed by atoms with Gasteiger partial charge in [0.05, 0.1) is 6.54 Å². The fourth-order valence-electron chi connectivity index (χ4n) is 4.03. The molecule has 1 aromatic heterocycles. The summed E-state index contributed by atoms with van der Waals surface area (Å²) in [6.45, 7) is 1.01. The number of hydrogen-bond acceptors (Lipinski definition) is 4. The molecule has 0 N–H and O–H groups in total.